The minimum Gasteiger partial charge on any atom is -0.361 e. The minimum absolute atomic E-state index is 0.278. The fourth-order valence-electron chi connectivity index (χ4n) is 4.52. The molecular weight excluding hydrogens is 312 g/mol. The number of nitrogens with one attached hydrogen (secondary N) is 1. The van der Waals surface area contributed by atoms with Gasteiger partial charge in [0.15, 0.2) is 0 Å². The third-order valence-electron chi connectivity index (χ3n) is 6.02. The van der Waals surface area contributed by atoms with Crippen molar-refractivity contribution in [3.8, 4) is 0 Å². The molecule has 5 nitrogen and oxygen atoms in total. The van der Waals surface area contributed by atoms with Crippen molar-refractivity contribution >= 4 is 22.8 Å². The lowest BCUT2D eigenvalue weighted by molar-refractivity contribution is -0.205. The molecule has 130 valence electrons. The summed E-state index contributed by atoms with van der Waals surface area (Å²) >= 11 is 0. The second-order valence-corrected chi connectivity index (χ2v) is 7.46. The third kappa shape index (κ3) is 2.68. The van der Waals surface area contributed by atoms with Crippen LogP contribution >= 0.6 is 0 Å². The molecule has 0 aliphatic carbocycles. The van der Waals surface area contributed by atoms with Gasteiger partial charge in [-0.25, -0.2) is 10.1 Å². The first-order valence-electron chi connectivity index (χ1n) is 9.25. The van der Waals surface area contributed by atoms with Crippen LogP contribution in [-0.2, 0) is 4.84 Å². The largest absolute Gasteiger partial charge is 0.361 e. The van der Waals surface area contributed by atoms with Gasteiger partial charge >= 0.3 is 0 Å². The van der Waals surface area contributed by atoms with Gasteiger partial charge in [-0.3, -0.25) is 9.74 Å². The molecule has 4 aliphatic heterocycles. The van der Waals surface area contributed by atoms with Gasteiger partial charge in [-0.2, -0.15) is 0 Å². The highest BCUT2D eigenvalue weighted by Gasteiger charge is 2.41. The molecule has 5 heterocycles. The molecule has 0 amide bonds. The maximum absolute atomic E-state index is 6.40. The van der Waals surface area contributed by atoms with Gasteiger partial charge in [0.05, 0.1) is 6.54 Å². The smallest absolute Gasteiger partial charge is 0.116 e. The standard InChI is InChI=1S/C20H24N4O/c1-14-20(15-5-8-23(14)9-6-15)25-24-12-18(11-21-13-24)16-2-3-19-17(10-16)4-7-22-19/h2-4,7,10-11,13-15,20,22H,5-6,8-9,12H2,1H3/t14-,20-/m0/s1. The topological polar surface area (TPSA) is 43.9 Å². The molecule has 3 saturated heterocycles. The molecule has 2 atom stereocenters. The van der Waals surface area contributed by atoms with E-state index in [0.717, 1.165) is 12.1 Å². The van der Waals surface area contributed by atoms with E-state index in [1.165, 1.54) is 42.5 Å². The molecule has 0 spiro atoms. The van der Waals surface area contributed by atoms with Crippen molar-refractivity contribution in [2.45, 2.75) is 31.9 Å². The molecule has 0 radical (unpaired) electrons. The van der Waals surface area contributed by atoms with Crippen molar-refractivity contribution in [2.24, 2.45) is 10.9 Å². The van der Waals surface area contributed by atoms with Crippen molar-refractivity contribution in [2.75, 3.05) is 19.6 Å². The number of hydroxylamine groups is 2. The van der Waals surface area contributed by atoms with E-state index < -0.39 is 0 Å². The van der Waals surface area contributed by atoms with Gasteiger partial charge in [-0.1, -0.05) is 6.07 Å². The van der Waals surface area contributed by atoms with Crippen molar-refractivity contribution < 1.29 is 4.84 Å². The number of aromatic nitrogens is 1. The second kappa shape index (κ2) is 6.00. The number of hydrogen-bond acceptors (Lipinski definition) is 4. The van der Waals surface area contributed by atoms with Gasteiger partial charge in [0.2, 0.25) is 0 Å². The van der Waals surface area contributed by atoms with Crippen LogP contribution in [0.4, 0.5) is 0 Å². The summed E-state index contributed by atoms with van der Waals surface area (Å²) in [5.74, 6) is 0.680. The van der Waals surface area contributed by atoms with E-state index in [9.17, 15) is 0 Å². The zero-order valence-corrected chi connectivity index (χ0v) is 14.6. The maximum Gasteiger partial charge on any atom is 0.116 e. The maximum atomic E-state index is 6.40. The number of benzene rings is 1. The zero-order chi connectivity index (χ0) is 16.8. The van der Waals surface area contributed by atoms with Crippen molar-refractivity contribution in [1.82, 2.24) is 14.9 Å². The molecule has 2 bridgehead atoms. The SMILES string of the molecule is C[C@H]1[C@H](ON2C=NC=C(c3ccc4[nH]ccc4c3)C2)C2CCN1CC2. The predicted octanol–water partition coefficient (Wildman–Crippen LogP) is 3.27. The molecule has 0 saturated carbocycles. The molecule has 1 aromatic heterocycles. The summed E-state index contributed by atoms with van der Waals surface area (Å²) in [4.78, 5) is 16.6. The van der Waals surface area contributed by atoms with Crippen LogP contribution in [0, 0.1) is 5.92 Å². The highest BCUT2D eigenvalue weighted by molar-refractivity contribution is 5.85. The van der Waals surface area contributed by atoms with E-state index in [0.29, 0.717) is 12.0 Å². The summed E-state index contributed by atoms with van der Waals surface area (Å²) in [6, 6.07) is 9.10. The average Bonchev–Trinajstić information content (AvgIpc) is 3.13. The number of aliphatic imine (C=N–C) groups is 1. The van der Waals surface area contributed by atoms with Gasteiger partial charge in [-0.15, -0.1) is 0 Å². The Hall–Kier alpha value is -2.11. The lowest BCUT2D eigenvalue weighted by Crippen LogP contribution is -2.58. The predicted molar refractivity (Wildman–Crippen MR) is 100 cm³/mol. The van der Waals surface area contributed by atoms with Crippen LogP contribution in [0.15, 0.2) is 41.7 Å². The molecule has 5 heteroatoms. The van der Waals surface area contributed by atoms with Crippen LogP contribution in [0.3, 0.4) is 0 Å². The summed E-state index contributed by atoms with van der Waals surface area (Å²) < 4.78 is 0. The molecular formula is C20H24N4O. The molecule has 3 fully saturated rings. The van der Waals surface area contributed by atoms with Crippen molar-refractivity contribution in [1.29, 1.82) is 0 Å². The molecule has 1 aromatic carbocycles. The fraction of sp³-hybridized carbons (Fsp3) is 0.450. The van der Waals surface area contributed by atoms with E-state index in [1.807, 2.05) is 23.8 Å². The van der Waals surface area contributed by atoms with Crippen LogP contribution in [0.25, 0.3) is 16.5 Å². The third-order valence-corrected chi connectivity index (χ3v) is 6.02. The number of nitrogens with zero attached hydrogens (tertiary/aromatic N) is 3. The number of fused-ring (bicyclic) bond motifs is 4. The molecule has 25 heavy (non-hydrogen) atoms. The second-order valence-electron chi connectivity index (χ2n) is 7.46. The first-order chi connectivity index (χ1) is 12.3. The summed E-state index contributed by atoms with van der Waals surface area (Å²) in [7, 11) is 0. The number of hydrogen-bond donors (Lipinski definition) is 1. The van der Waals surface area contributed by atoms with Crippen LogP contribution in [0.1, 0.15) is 25.3 Å². The van der Waals surface area contributed by atoms with Crippen molar-refractivity contribution in [3.05, 3.63) is 42.2 Å². The number of H-pyrrole nitrogens is 1. The van der Waals surface area contributed by atoms with E-state index >= 15 is 0 Å². The van der Waals surface area contributed by atoms with Gasteiger partial charge in [0.1, 0.15) is 12.4 Å². The Bertz CT molecular complexity index is 829. The van der Waals surface area contributed by atoms with Gasteiger partial charge < -0.3 is 4.98 Å². The van der Waals surface area contributed by atoms with Crippen LogP contribution in [0.2, 0.25) is 0 Å². The normalized spacial score (nSPS) is 31.6. The van der Waals surface area contributed by atoms with Crippen molar-refractivity contribution in [3.63, 3.8) is 0 Å². The van der Waals surface area contributed by atoms with Crippen LogP contribution in [0.5, 0.6) is 0 Å². The monoisotopic (exact) mass is 336 g/mol. The Kier molecular flexibility index (Phi) is 3.64. The molecule has 4 aliphatic rings. The van der Waals surface area contributed by atoms with E-state index in [-0.39, 0.29) is 6.10 Å². The Balaban J connectivity index is 1.32. The van der Waals surface area contributed by atoms with E-state index in [2.05, 4.69) is 46.1 Å². The number of rotatable bonds is 3. The van der Waals surface area contributed by atoms with Gasteiger partial charge in [0, 0.05) is 24.0 Å². The van der Waals surface area contributed by atoms with Gasteiger partial charge in [-0.05, 0) is 73.5 Å². The van der Waals surface area contributed by atoms with E-state index in [4.69, 9.17) is 4.84 Å². The number of piperidine rings is 3. The van der Waals surface area contributed by atoms with Crippen LogP contribution in [-0.4, -0.2) is 53.1 Å². The molecule has 2 aromatic rings. The average molecular weight is 336 g/mol. The molecule has 6 rings (SSSR count). The Morgan fingerprint density at radius 1 is 1.20 bits per heavy atom. The van der Waals surface area contributed by atoms with Gasteiger partial charge in [0.25, 0.3) is 0 Å². The lowest BCUT2D eigenvalue weighted by Gasteiger charge is -2.50. The minimum atomic E-state index is 0.278. The molecule has 1 N–H and O–H groups in total. The molecule has 0 unspecified atom stereocenters. The fourth-order valence-corrected chi connectivity index (χ4v) is 4.52. The first kappa shape index (κ1) is 15.2. The summed E-state index contributed by atoms with van der Waals surface area (Å²) in [5.41, 5.74) is 3.57. The first-order valence-corrected chi connectivity index (χ1v) is 9.25. The van der Waals surface area contributed by atoms with E-state index in [1.54, 1.807) is 0 Å². The number of aromatic amines is 1. The summed E-state index contributed by atoms with van der Waals surface area (Å²) in [6.07, 6.45) is 8.54. The quantitative estimate of drug-likeness (QED) is 0.935. The Morgan fingerprint density at radius 2 is 2.08 bits per heavy atom. The summed E-state index contributed by atoms with van der Waals surface area (Å²) in [6.45, 7) is 5.49. The Labute approximate surface area is 147 Å². The van der Waals surface area contributed by atoms with Crippen LogP contribution < -0.4 is 0 Å². The highest BCUT2D eigenvalue weighted by Crippen LogP contribution is 2.35. The highest BCUT2D eigenvalue weighted by atomic mass is 16.7. The Morgan fingerprint density at radius 3 is 2.92 bits per heavy atom. The lowest BCUT2D eigenvalue weighted by atomic mass is 9.81. The zero-order valence-electron chi connectivity index (χ0n) is 14.6. The summed E-state index contributed by atoms with van der Waals surface area (Å²) in [5, 5.41) is 3.16.